The highest BCUT2D eigenvalue weighted by molar-refractivity contribution is 5.87. The Kier molecular flexibility index (Phi) is 8.71. The third-order valence-corrected chi connectivity index (χ3v) is 6.25. The van der Waals surface area contributed by atoms with Crippen molar-refractivity contribution in [2.75, 3.05) is 13.2 Å². The number of carboxylic acid groups (broad SMARTS) is 1. The quantitative estimate of drug-likeness (QED) is 0.332. The van der Waals surface area contributed by atoms with E-state index < -0.39 is 36.5 Å². The van der Waals surface area contributed by atoms with Crippen LogP contribution in [0.5, 0.6) is 0 Å². The Labute approximate surface area is 219 Å². The van der Waals surface area contributed by atoms with Crippen molar-refractivity contribution in [3.05, 3.63) is 95.6 Å². The monoisotopic (exact) mass is 516 g/mol. The van der Waals surface area contributed by atoms with Crippen LogP contribution < -0.4 is 10.6 Å². The first-order chi connectivity index (χ1) is 18.4. The van der Waals surface area contributed by atoms with Gasteiger partial charge in [0.2, 0.25) is 5.91 Å². The standard InChI is InChI=1S/C29H28N2O7/c32-26(31-25(28(34)35)14-15-27(33)37-17-19-8-2-1-3-9-19)16-30-29(36)38-18-24-22-12-6-4-10-20(22)21-11-5-7-13-23(21)24/h1-13,24-25H,14-18H2,(H,30,36)(H,31,32)(H,34,35)/t25-/m1/s1. The molecule has 1 aliphatic carbocycles. The Morgan fingerprint density at radius 1 is 0.816 bits per heavy atom. The molecule has 3 aromatic carbocycles. The van der Waals surface area contributed by atoms with Gasteiger partial charge in [0.25, 0.3) is 0 Å². The molecule has 0 aromatic heterocycles. The van der Waals surface area contributed by atoms with Crippen molar-refractivity contribution >= 4 is 23.9 Å². The molecule has 0 fully saturated rings. The minimum Gasteiger partial charge on any atom is -0.480 e. The highest BCUT2D eigenvalue weighted by atomic mass is 16.5. The summed E-state index contributed by atoms with van der Waals surface area (Å²) in [7, 11) is 0. The number of carbonyl (C=O) groups is 4. The Morgan fingerprint density at radius 2 is 1.42 bits per heavy atom. The fourth-order valence-electron chi connectivity index (χ4n) is 4.38. The molecule has 0 saturated heterocycles. The molecule has 9 heteroatoms. The summed E-state index contributed by atoms with van der Waals surface area (Å²) >= 11 is 0. The van der Waals surface area contributed by atoms with Gasteiger partial charge in [-0.25, -0.2) is 9.59 Å². The van der Waals surface area contributed by atoms with Crippen molar-refractivity contribution in [1.82, 2.24) is 10.6 Å². The van der Waals surface area contributed by atoms with E-state index in [1.165, 1.54) is 0 Å². The lowest BCUT2D eigenvalue weighted by molar-refractivity contribution is -0.146. The number of esters is 1. The van der Waals surface area contributed by atoms with E-state index in [-0.39, 0.29) is 32.0 Å². The van der Waals surface area contributed by atoms with E-state index >= 15 is 0 Å². The molecule has 4 rings (SSSR count). The number of ether oxygens (including phenoxy) is 2. The molecule has 0 bridgehead atoms. The molecule has 2 amide bonds. The lowest BCUT2D eigenvalue weighted by Gasteiger charge is -2.16. The first-order valence-electron chi connectivity index (χ1n) is 12.2. The van der Waals surface area contributed by atoms with E-state index in [2.05, 4.69) is 10.6 Å². The fourth-order valence-corrected chi connectivity index (χ4v) is 4.38. The molecule has 0 aliphatic heterocycles. The third kappa shape index (κ3) is 6.76. The minimum absolute atomic E-state index is 0.0772. The van der Waals surface area contributed by atoms with E-state index in [0.29, 0.717) is 0 Å². The predicted octanol–water partition coefficient (Wildman–Crippen LogP) is 3.62. The summed E-state index contributed by atoms with van der Waals surface area (Å²) in [5.41, 5.74) is 5.13. The Morgan fingerprint density at radius 3 is 2.05 bits per heavy atom. The summed E-state index contributed by atoms with van der Waals surface area (Å²) < 4.78 is 10.5. The number of aliphatic carboxylic acids is 1. The van der Waals surface area contributed by atoms with Crippen LogP contribution in [0.25, 0.3) is 11.1 Å². The van der Waals surface area contributed by atoms with Crippen LogP contribution in [0.2, 0.25) is 0 Å². The van der Waals surface area contributed by atoms with E-state index in [1.54, 1.807) is 12.1 Å². The van der Waals surface area contributed by atoms with Gasteiger partial charge in [-0.05, 0) is 34.2 Å². The van der Waals surface area contributed by atoms with Gasteiger partial charge in [0.1, 0.15) is 25.8 Å². The first kappa shape index (κ1) is 26.4. The molecule has 0 spiro atoms. The second kappa shape index (κ2) is 12.5. The minimum atomic E-state index is -1.31. The van der Waals surface area contributed by atoms with Gasteiger partial charge in [0.15, 0.2) is 0 Å². The number of hydrogen-bond donors (Lipinski definition) is 3. The second-order valence-electron chi connectivity index (χ2n) is 8.82. The van der Waals surface area contributed by atoms with Gasteiger partial charge in [0, 0.05) is 12.3 Å². The zero-order valence-corrected chi connectivity index (χ0v) is 20.6. The average molecular weight is 517 g/mol. The molecular formula is C29H28N2O7. The van der Waals surface area contributed by atoms with Crippen LogP contribution >= 0.6 is 0 Å². The van der Waals surface area contributed by atoms with Crippen molar-refractivity contribution in [1.29, 1.82) is 0 Å². The fraction of sp³-hybridized carbons (Fsp3) is 0.241. The molecule has 1 aliphatic rings. The van der Waals surface area contributed by atoms with E-state index in [1.807, 2.05) is 66.7 Å². The summed E-state index contributed by atoms with van der Waals surface area (Å²) in [6, 6.07) is 23.6. The largest absolute Gasteiger partial charge is 0.480 e. The molecule has 38 heavy (non-hydrogen) atoms. The van der Waals surface area contributed by atoms with Gasteiger partial charge < -0.3 is 25.2 Å². The van der Waals surface area contributed by atoms with Crippen LogP contribution in [0, 0.1) is 0 Å². The summed E-state index contributed by atoms with van der Waals surface area (Å²) in [6.07, 6.45) is -1.14. The predicted molar refractivity (Wildman–Crippen MR) is 138 cm³/mol. The highest BCUT2D eigenvalue weighted by Crippen LogP contribution is 2.44. The Bertz CT molecular complexity index is 1260. The van der Waals surface area contributed by atoms with Gasteiger partial charge in [-0.1, -0.05) is 78.9 Å². The zero-order valence-electron chi connectivity index (χ0n) is 20.6. The van der Waals surface area contributed by atoms with Crippen LogP contribution in [0.15, 0.2) is 78.9 Å². The number of carbonyl (C=O) groups excluding carboxylic acids is 3. The third-order valence-electron chi connectivity index (χ3n) is 6.25. The number of amides is 2. The second-order valence-corrected chi connectivity index (χ2v) is 8.82. The smallest absolute Gasteiger partial charge is 0.407 e. The molecule has 0 unspecified atom stereocenters. The maximum absolute atomic E-state index is 12.3. The molecule has 0 radical (unpaired) electrons. The van der Waals surface area contributed by atoms with Gasteiger partial charge in [-0.2, -0.15) is 0 Å². The van der Waals surface area contributed by atoms with Crippen LogP contribution in [-0.2, 0) is 30.5 Å². The number of fused-ring (bicyclic) bond motifs is 3. The maximum atomic E-state index is 12.3. The summed E-state index contributed by atoms with van der Waals surface area (Å²) in [4.78, 5) is 48.0. The molecular weight excluding hydrogens is 488 g/mol. The summed E-state index contributed by atoms with van der Waals surface area (Å²) in [6.45, 7) is -0.308. The molecule has 3 N–H and O–H groups in total. The molecule has 196 valence electrons. The number of hydrogen-bond acceptors (Lipinski definition) is 6. The molecule has 9 nitrogen and oxygen atoms in total. The number of alkyl carbamates (subject to hydrolysis) is 1. The van der Waals surface area contributed by atoms with Crippen LogP contribution in [0.1, 0.15) is 35.4 Å². The van der Waals surface area contributed by atoms with Gasteiger partial charge in [-0.15, -0.1) is 0 Å². The lowest BCUT2D eigenvalue weighted by atomic mass is 9.98. The zero-order chi connectivity index (χ0) is 26.9. The SMILES string of the molecule is O=C(CNC(=O)OCC1c2ccccc2-c2ccccc21)N[C@H](CCC(=O)OCc1ccccc1)C(=O)O. The van der Waals surface area contributed by atoms with Gasteiger partial charge >= 0.3 is 18.0 Å². The first-order valence-corrected chi connectivity index (χ1v) is 12.2. The summed E-state index contributed by atoms with van der Waals surface area (Å²) in [5.74, 6) is -2.72. The average Bonchev–Trinajstić information content (AvgIpc) is 3.26. The lowest BCUT2D eigenvalue weighted by Crippen LogP contribution is -2.45. The van der Waals surface area contributed by atoms with E-state index in [9.17, 15) is 24.3 Å². The van der Waals surface area contributed by atoms with E-state index in [4.69, 9.17) is 9.47 Å². The molecule has 0 saturated carbocycles. The van der Waals surface area contributed by atoms with Crippen molar-refractivity contribution in [2.45, 2.75) is 31.4 Å². The molecule has 1 atom stereocenters. The van der Waals surface area contributed by atoms with Crippen molar-refractivity contribution in [3.8, 4) is 11.1 Å². The van der Waals surface area contributed by atoms with Crippen molar-refractivity contribution in [3.63, 3.8) is 0 Å². The van der Waals surface area contributed by atoms with Crippen molar-refractivity contribution < 1.29 is 33.8 Å². The highest BCUT2D eigenvalue weighted by Gasteiger charge is 2.29. The molecule has 0 heterocycles. The normalized spacial score (nSPS) is 12.5. The van der Waals surface area contributed by atoms with E-state index in [0.717, 1.165) is 27.8 Å². The van der Waals surface area contributed by atoms with Gasteiger partial charge in [-0.3, -0.25) is 9.59 Å². The van der Waals surface area contributed by atoms with Crippen LogP contribution in [0.3, 0.4) is 0 Å². The summed E-state index contributed by atoms with van der Waals surface area (Å²) in [5, 5.41) is 14.1. The van der Waals surface area contributed by atoms with Crippen molar-refractivity contribution in [2.24, 2.45) is 0 Å². The van der Waals surface area contributed by atoms with Crippen LogP contribution in [0.4, 0.5) is 4.79 Å². The van der Waals surface area contributed by atoms with Crippen LogP contribution in [-0.4, -0.2) is 48.2 Å². The number of carboxylic acids is 1. The number of rotatable bonds is 11. The Balaban J connectivity index is 1.20. The maximum Gasteiger partial charge on any atom is 0.407 e. The Hall–Kier alpha value is -4.66. The van der Waals surface area contributed by atoms with Gasteiger partial charge in [0.05, 0.1) is 0 Å². The molecule has 3 aromatic rings. The number of nitrogens with one attached hydrogen (secondary N) is 2. The topological polar surface area (TPSA) is 131 Å². The number of benzene rings is 3.